The summed E-state index contributed by atoms with van der Waals surface area (Å²) in [5.41, 5.74) is 3.45. The molecule has 0 spiro atoms. The molecular weight excluding hydrogens is 320 g/mol. The van der Waals surface area contributed by atoms with E-state index in [9.17, 15) is 4.79 Å². The number of hydrogen-bond acceptors (Lipinski definition) is 4. The van der Waals surface area contributed by atoms with Gasteiger partial charge < -0.3 is 4.90 Å². The predicted molar refractivity (Wildman–Crippen MR) is 96.0 cm³/mol. The van der Waals surface area contributed by atoms with Crippen molar-refractivity contribution in [3.05, 3.63) is 47.6 Å². The second-order valence-electron chi connectivity index (χ2n) is 6.11. The van der Waals surface area contributed by atoms with Gasteiger partial charge in [0.25, 0.3) is 0 Å². The molecule has 0 N–H and O–H groups in total. The Morgan fingerprint density at radius 1 is 1.17 bits per heavy atom. The molecule has 6 heteroatoms. The van der Waals surface area contributed by atoms with Crippen molar-refractivity contribution in [3.8, 4) is 11.3 Å². The van der Waals surface area contributed by atoms with Crippen LogP contribution in [0.4, 0.5) is 0 Å². The minimum absolute atomic E-state index is 0.171. The number of aromatic nitrogens is 2. The quantitative estimate of drug-likeness (QED) is 0.736. The Morgan fingerprint density at radius 2 is 1.92 bits per heavy atom. The molecule has 0 unspecified atom stereocenters. The van der Waals surface area contributed by atoms with Crippen LogP contribution in [0.15, 0.2) is 41.9 Å². The number of hydrogen-bond donors (Lipinski definition) is 0. The lowest BCUT2D eigenvalue weighted by Crippen LogP contribution is -2.47. The molecule has 24 heavy (non-hydrogen) atoms. The molecule has 1 amide bonds. The lowest BCUT2D eigenvalue weighted by molar-refractivity contribution is -0.130. The Kier molecular flexibility index (Phi) is 4.08. The van der Waals surface area contributed by atoms with Gasteiger partial charge in [-0.05, 0) is 0 Å². The van der Waals surface area contributed by atoms with E-state index in [1.165, 1.54) is 5.69 Å². The highest BCUT2D eigenvalue weighted by Crippen LogP contribution is 2.27. The van der Waals surface area contributed by atoms with Crippen molar-refractivity contribution in [2.24, 2.45) is 0 Å². The van der Waals surface area contributed by atoms with E-state index in [0.29, 0.717) is 0 Å². The number of amides is 1. The zero-order chi connectivity index (χ0) is 16.5. The van der Waals surface area contributed by atoms with Crippen LogP contribution in [0.3, 0.4) is 0 Å². The number of carbonyl (C=O) groups is 1. The Balaban J connectivity index is 1.62. The minimum Gasteiger partial charge on any atom is -0.340 e. The van der Waals surface area contributed by atoms with E-state index in [1.807, 2.05) is 11.0 Å². The van der Waals surface area contributed by atoms with Crippen LogP contribution in [0.2, 0.25) is 0 Å². The first-order chi connectivity index (χ1) is 11.7. The Bertz CT molecular complexity index is 846. The molecule has 0 atom stereocenters. The summed E-state index contributed by atoms with van der Waals surface area (Å²) in [5, 5.41) is 2.08. The fourth-order valence-electron chi connectivity index (χ4n) is 3.24. The molecule has 1 aliphatic heterocycles. The summed E-state index contributed by atoms with van der Waals surface area (Å²) < 4.78 is 2.20. The fraction of sp³-hybridized carbons (Fsp3) is 0.333. The SMILES string of the molecule is CC(=O)N1CCN(Cc2c(-c3ccccc3)nc3sccn23)CC1. The summed E-state index contributed by atoms with van der Waals surface area (Å²) in [5.74, 6) is 0.171. The highest BCUT2D eigenvalue weighted by Gasteiger charge is 2.22. The first-order valence-corrected chi connectivity index (χ1v) is 9.08. The van der Waals surface area contributed by atoms with Crippen molar-refractivity contribution < 1.29 is 4.79 Å². The Hall–Kier alpha value is -2.18. The number of carbonyl (C=O) groups excluding carboxylic acids is 1. The van der Waals surface area contributed by atoms with Crippen LogP contribution in [0.5, 0.6) is 0 Å². The topological polar surface area (TPSA) is 40.9 Å². The van der Waals surface area contributed by atoms with Crippen LogP contribution < -0.4 is 0 Å². The van der Waals surface area contributed by atoms with Gasteiger partial charge in [-0.1, -0.05) is 30.3 Å². The smallest absolute Gasteiger partial charge is 0.219 e. The van der Waals surface area contributed by atoms with E-state index >= 15 is 0 Å². The summed E-state index contributed by atoms with van der Waals surface area (Å²) in [6, 6.07) is 10.4. The fourth-order valence-corrected chi connectivity index (χ4v) is 3.98. The summed E-state index contributed by atoms with van der Waals surface area (Å²) in [7, 11) is 0. The zero-order valence-corrected chi connectivity index (χ0v) is 14.5. The van der Waals surface area contributed by atoms with Crippen molar-refractivity contribution >= 4 is 22.2 Å². The highest BCUT2D eigenvalue weighted by molar-refractivity contribution is 7.15. The standard InChI is InChI=1S/C18H20N4OS/c1-14(23)21-9-7-20(8-10-21)13-16-17(15-5-3-2-4-6-15)19-18-22(16)11-12-24-18/h2-6,11-12H,7-10,13H2,1H3. The average Bonchev–Trinajstić information content (AvgIpc) is 3.19. The van der Waals surface area contributed by atoms with Gasteiger partial charge >= 0.3 is 0 Å². The van der Waals surface area contributed by atoms with Gasteiger partial charge in [-0.2, -0.15) is 0 Å². The molecule has 3 aromatic rings. The first-order valence-electron chi connectivity index (χ1n) is 8.20. The summed E-state index contributed by atoms with van der Waals surface area (Å²) in [6.45, 7) is 5.93. The van der Waals surface area contributed by atoms with Crippen LogP contribution >= 0.6 is 11.3 Å². The van der Waals surface area contributed by atoms with Crippen LogP contribution in [0.1, 0.15) is 12.6 Å². The lowest BCUT2D eigenvalue weighted by atomic mass is 10.1. The second-order valence-corrected chi connectivity index (χ2v) is 6.98. The highest BCUT2D eigenvalue weighted by atomic mass is 32.1. The second kappa shape index (κ2) is 6.37. The molecule has 0 radical (unpaired) electrons. The maximum atomic E-state index is 11.5. The van der Waals surface area contributed by atoms with E-state index in [-0.39, 0.29) is 5.91 Å². The number of rotatable bonds is 3. The molecule has 3 heterocycles. The van der Waals surface area contributed by atoms with Gasteiger partial charge in [0.1, 0.15) is 0 Å². The Morgan fingerprint density at radius 3 is 2.62 bits per heavy atom. The third-order valence-electron chi connectivity index (χ3n) is 4.60. The maximum absolute atomic E-state index is 11.5. The lowest BCUT2D eigenvalue weighted by Gasteiger charge is -2.34. The third kappa shape index (κ3) is 2.83. The molecule has 0 aliphatic carbocycles. The Labute approximate surface area is 145 Å². The van der Waals surface area contributed by atoms with Gasteiger partial charge in [0.2, 0.25) is 5.91 Å². The van der Waals surface area contributed by atoms with Crippen molar-refractivity contribution in [1.29, 1.82) is 0 Å². The van der Waals surface area contributed by atoms with Gasteiger partial charge in [0, 0.05) is 56.8 Å². The molecule has 0 saturated carbocycles. The van der Waals surface area contributed by atoms with Crippen LogP contribution in [-0.4, -0.2) is 51.3 Å². The molecular formula is C18H20N4OS. The number of piperazine rings is 1. The van der Waals surface area contributed by atoms with E-state index in [2.05, 4.69) is 45.1 Å². The van der Waals surface area contributed by atoms with Gasteiger partial charge in [0.05, 0.1) is 11.4 Å². The molecule has 4 rings (SSSR count). The summed E-state index contributed by atoms with van der Waals surface area (Å²) >= 11 is 1.66. The van der Waals surface area contributed by atoms with E-state index in [1.54, 1.807) is 18.3 Å². The minimum atomic E-state index is 0.171. The largest absolute Gasteiger partial charge is 0.340 e. The normalized spacial score (nSPS) is 16.0. The first kappa shape index (κ1) is 15.4. The molecule has 0 bridgehead atoms. The van der Waals surface area contributed by atoms with Gasteiger partial charge in [-0.25, -0.2) is 4.98 Å². The number of nitrogens with zero attached hydrogens (tertiary/aromatic N) is 4. The molecule has 1 fully saturated rings. The summed E-state index contributed by atoms with van der Waals surface area (Å²) in [4.78, 5) is 21.7. The number of fused-ring (bicyclic) bond motifs is 1. The molecule has 5 nitrogen and oxygen atoms in total. The van der Waals surface area contributed by atoms with Crippen molar-refractivity contribution in [2.75, 3.05) is 26.2 Å². The maximum Gasteiger partial charge on any atom is 0.219 e. The molecule has 1 aromatic carbocycles. The molecule has 1 aliphatic rings. The van der Waals surface area contributed by atoms with Crippen LogP contribution in [0.25, 0.3) is 16.2 Å². The van der Waals surface area contributed by atoms with E-state index in [0.717, 1.165) is 48.9 Å². The summed E-state index contributed by atoms with van der Waals surface area (Å²) in [6.07, 6.45) is 2.10. The van der Waals surface area contributed by atoms with Crippen molar-refractivity contribution in [2.45, 2.75) is 13.5 Å². The van der Waals surface area contributed by atoms with Gasteiger partial charge in [-0.15, -0.1) is 11.3 Å². The van der Waals surface area contributed by atoms with Crippen LogP contribution in [-0.2, 0) is 11.3 Å². The number of imidazole rings is 1. The number of benzene rings is 1. The molecule has 124 valence electrons. The average molecular weight is 340 g/mol. The zero-order valence-electron chi connectivity index (χ0n) is 13.7. The monoisotopic (exact) mass is 340 g/mol. The van der Waals surface area contributed by atoms with Crippen molar-refractivity contribution in [1.82, 2.24) is 19.2 Å². The predicted octanol–water partition coefficient (Wildman–Crippen LogP) is 2.73. The molecule has 2 aromatic heterocycles. The van der Waals surface area contributed by atoms with E-state index in [4.69, 9.17) is 4.98 Å². The van der Waals surface area contributed by atoms with Crippen molar-refractivity contribution in [3.63, 3.8) is 0 Å². The third-order valence-corrected chi connectivity index (χ3v) is 5.36. The number of thiazole rings is 1. The van der Waals surface area contributed by atoms with Gasteiger partial charge in [0.15, 0.2) is 4.96 Å². The molecule has 1 saturated heterocycles. The van der Waals surface area contributed by atoms with Gasteiger partial charge in [-0.3, -0.25) is 14.1 Å². The van der Waals surface area contributed by atoms with Crippen LogP contribution in [0, 0.1) is 0 Å². The van der Waals surface area contributed by atoms with E-state index < -0.39 is 0 Å².